The maximum Gasteiger partial charge on any atom is 0.242 e. The van der Waals surface area contributed by atoms with Crippen LogP contribution in [-0.4, -0.2) is 16.9 Å². The summed E-state index contributed by atoms with van der Waals surface area (Å²) >= 11 is 3.34. The molecule has 1 atom stereocenters. The normalized spacial score (nSPS) is 12.3. The zero-order valence-electron chi connectivity index (χ0n) is 8.75. The number of hydrogen-bond acceptors (Lipinski definition) is 3. The second-order valence-corrected chi connectivity index (χ2v) is 4.12. The van der Waals surface area contributed by atoms with E-state index in [1.54, 1.807) is 6.07 Å². The van der Waals surface area contributed by atoms with Crippen LogP contribution in [0.2, 0.25) is 0 Å². The number of aromatic nitrogens is 1. The van der Waals surface area contributed by atoms with Gasteiger partial charge in [0.25, 0.3) is 0 Å². The highest BCUT2D eigenvalue weighted by Crippen LogP contribution is 2.16. The van der Waals surface area contributed by atoms with Gasteiger partial charge in [0.2, 0.25) is 5.91 Å². The lowest BCUT2D eigenvalue weighted by Crippen LogP contribution is -2.35. The van der Waals surface area contributed by atoms with E-state index in [9.17, 15) is 4.79 Å². The molecule has 0 bridgehead atoms. The van der Waals surface area contributed by atoms with Gasteiger partial charge in [0.15, 0.2) is 0 Å². The molecule has 4 nitrogen and oxygen atoms in total. The van der Waals surface area contributed by atoms with E-state index >= 15 is 0 Å². The number of carbonyl (C=O) groups is 1. The van der Waals surface area contributed by atoms with Crippen molar-refractivity contribution in [3.8, 4) is 0 Å². The van der Waals surface area contributed by atoms with Crippen LogP contribution in [0, 0.1) is 6.92 Å². The van der Waals surface area contributed by atoms with Gasteiger partial charge in [-0.25, -0.2) is 4.98 Å². The summed E-state index contributed by atoms with van der Waals surface area (Å²) < 4.78 is 0.917. The zero-order chi connectivity index (χ0) is 11.4. The minimum Gasteiger partial charge on any atom is -0.320 e. The summed E-state index contributed by atoms with van der Waals surface area (Å²) in [5, 5.41) is 2.66. The molecule has 0 aliphatic rings. The number of rotatable bonds is 3. The van der Waals surface area contributed by atoms with Gasteiger partial charge in [-0.1, -0.05) is 6.92 Å². The fraction of sp³-hybridized carbons (Fsp3) is 0.400. The molecule has 0 fully saturated rings. The Kier molecular flexibility index (Phi) is 4.23. The second-order valence-electron chi connectivity index (χ2n) is 3.27. The average molecular weight is 272 g/mol. The van der Waals surface area contributed by atoms with Gasteiger partial charge in [0.1, 0.15) is 5.82 Å². The lowest BCUT2D eigenvalue weighted by atomic mass is 10.2. The third-order valence-electron chi connectivity index (χ3n) is 2.05. The molecule has 82 valence electrons. The molecule has 0 radical (unpaired) electrons. The van der Waals surface area contributed by atoms with Crippen molar-refractivity contribution in [2.75, 3.05) is 5.32 Å². The third kappa shape index (κ3) is 3.28. The number of anilines is 1. The van der Waals surface area contributed by atoms with Crippen molar-refractivity contribution in [2.45, 2.75) is 26.3 Å². The molecule has 0 aliphatic heterocycles. The lowest BCUT2D eigenvalue weighted by molar-refractivity contribution is -0.117. The molecule has 1 amide bonds. The molecule has 0 saturated heterocycles. The number of halogens is 1. The molecule has 5 heteroatoms. The Morgan fingerprint density at radius 2 is 2.33 bits per heavy atom. The predicted molar refractivity (Wildman–Crippen MR) is 63.6 cm³/mol. The van der Waals surface area contributed by atoms with E-state index in [0.29, 0.717) is 12.2 Å². The molecule has 0 saturated carbocycles. The lowest BCUT2D eigenvalue weighted by Gasteiger charge is -2.09. The first-order valence-electron chi connectivity index (χ1n) is 4.74. The first-order chi connectivity index (χ1) is 7.04. The second kappa shape index (κ2) is 5.23. The van der Waals surface area contributed by atoms with Crippen LogP contribution in [0.15, 0.2) is 16.6 Å². The summed E-state index contributed by atoms with van der Waals surface area (Å²) in [4.78, 5) is 15.6. The Balaban J connectivity index is 2.73. The van der Waals surface area contributed by atoms with Crippen LogP contribution in [0.5, 0.6) is 0 Å². The van der Waals surface area contributed by atoms with Crippen molar-refractivity contribution in [1.82, 2.24) is 4.98 Å². The minimum absolute atomic E-state index is 0.202. The molecule has 3 N–H and O–H groups in total. The summed E-state index contributed by atoms with van der Waals surface area (Å²) in [5.74, 6) is 0.330. The largest absolute Gasteiger partial charge is 0.320 e. The van der Waals surface area contributed by atoms with Gasteiger partial charge < -0.3 is 11.1 Å². The van der Waals surface area contributed by atoms with Crippen molar-refractivity contribution >= 4 is 27.7 Å². The standard InChI is InChI=1S/C10H14BrN3O/c1-3-8(12)10(15)14-9-5-4-7(11)6(2)13-9/h4-5,8H,3,12H2,1-2H3,(H,13,14,15). The number of amides is 1. The summed E-state index contributed by atoms with van der Waals surface area (Å²) in [5.41, 5.74) is 6.41. The molecular formula is C10H14BrN3O. The van der Waals surface area contributed by atoms with Crippen molar-refractivity contribution < 1.29 is 4.79 Å². The monoisotopic (exact) mass is 271 g/mol. The highest BCUT2D eigenvalue weighted by atomic mass is 79.9. The van der Waals surface area contributed by atoms with Crippen LogP contribution in [0.1, 0.15) is 19.0 Å². The molecule has 1 aromatic rings. The molecule has 0 spiro atoms. The Morgan fingerprint density at radius 1 is 1.67 bits per heavy atom. The summed E-state index contributed by atoms with van der Waals surface area (Å²) in [7, 11) is 0. The highest BCUT2D eigenvalue weighted by molar-refractivity contribution is 9.10. The topological polar surface area (TPSA) is 68.0 Å². The summed E-state index contributed by atoms with van der Waals surface area (Å²) in [6, 6.07) is 3.10. The van der Waals surface area contributed by atoms with E-state index in [4.69, 9.17) is 5.73 Å². The predicted octanol–water partition coefficient (Wildman–Crippen LogP) is 1.83. The molecule has 1 unspecified atom stereocenters. The van der Waals surface area contributed by atoms with Gasteiger partial charge in [-0.05, 0) is 41.4 Å². The first kappa shape index (κ1) is 12.1. The molecule has 1 rings (SSSR count). The van der Waals surface area contributed by atoms with Crippen LogP contribution in [0.4, 0.5) is 5.82 Å². The van der Waals surface area contributed by atoms with E-state index in [1.807, 2.05) is 19.9 Å². The molecule has 0 aromatic carbocycles. The third-order valence-corrected chi connectivity index (χ3v) is 2.89. The van der Waals surface area contributed by atoms with Gasteiger partial charge in [-0.2, -0.15) is 0 Å². The SMILES string of the molecule is CCC(N)C(=O)Nc1ccc(Br)c(C)n1. The van der Waals surface area contributed by atoms with E-state index in [0.717, 1.165) is 10.2 Å². The van der Waals surface area contributed by atoms with Crippen molar-refractivity contribution in [3.05, 3.63) is 22.3 Å². The van der Waals surface area contributed by atoms with Gasteiger partial charge in [-0.15, -0.1) is 0 Å². The Morgan fingerprint density at radius 3 is 2.87 bits per heavy atom. The van der Waals surface area contributed by atoms with E-state index < -0.39 is 6.04 Å². The maximum absolute atomic E-state index is 11.5. The van der Waals surface area contributed by atoms with Crippen molar-refractivity contribution in [3.63, 3.8) is 0 Å². The minimum atomic E-state index is -0.476. The molecule has 0 aliphatic carbocycles. The molecule has 1 heterocycles. The Hall–Kier alpha value is -0.940. The van der Waals surface area contributed by atoms with Gasteiger partial charge in [0, 0.05) is 4.47 Å². The summed E-state index contributed by atoms with van der Waals surface area (Å²) in [6.45, 7) is 3.73. The smallest absolute Gasteiger partial charge is 0.242 e. The molecular weight excluding hydrogens is 258 g/mol. The van der Waals surface area contributed by atoms with E-state index in [1.165, 1.54) is 0 Å². The van der Waals surface area contributed by atoms with Crippen LogP contribution < -0.4 is 11.1 Å². The zero-order valence-corrected chi connectivity index (χ0v) is 10.3. The quantitative estimate of drug-likeness (QED) is 0.882. The van der Waals surface area contributed by atoms with Crippen LogP contribution in [-0.2, 0) is 4.79 Å². The van der Waals surface area contributed by atoms with Crippen molar-refractivity contribution in [2.24, 2.45) is 5.73 Å². The number of hydrogen-bond donors (Lipinski definition) is 2. The number of pyridine rings is 1. The van der Waals surface area contributed by atoms with E-state index in [2.05, 4.69) is 26.2 Å². The number of nitrogens with two attached hydrogens (primary N) is 1. The van der Waals surface area contributed by atoms with Gasteiger partial charge in [0.05, 0.1) is 11.7 Å². The fourth-order valence-corrected chi connectivity index (χ4v) is 1.24. The van der Waals surface area contributed by atoms with Crippen molar-refractivity contribution in [1.29, 1.82) is 0 Å². The maximum atomic E-state index is 11.5. The van der Waals surface area contributed by atoms with Crippen LogP contribution >= 0.6 is 15.9 Å². The number of nitrogens with zero attached hydrogens (tertiary/aromatic N) is 1. The first-order valence-corrected chi connectivity index (χ1v) is 5.53. The van der Waals surface area contributed by atoms with Crippen LogP contribution in [0.3, 0.4) is 0 Å². The van der Waals surface area contributed by atoms with Gasteiger partial charge in [-0.3, -0.25) is 4.79 Å². The van der Waals surface area contributed by atoms with Gasteiger partial charge >= 0.3 is 0 Å². The Labute approximate surface area is 97.4 Å². The summed E-state index contributed by atoms with van der Waals surface area (Å²) in [6.07, 6.45) is 0.612. The fourth-order valence-electron chi connectivity index (χ4n) is 1.02. The Bertz CT molecular complexity index is 368. The molecule has 15 heavy (non-hydrogen) atoms. The average Bonchev–Trinajstić information content (AvgIpc) is 2.22. The molecule has 1 aromatic heterocycles. The number of carbonyl (C=O) groups excluding carboxylic acids is 1. The number of nitrogens with one attached hydrogen (secondary N) is 1. The van der Waals surface area contributed by atoms with Crippen LogP contribution in [0.25, 0.3) is 0 Å². The highest BCUT2D eigenvalue weighted by Gasteiger charge is 2.11. The van der Waals surface area contributed by atoms with E-state index in [-0.39, 0.29) is 5.91 Å². The number of aryl methyl sites for hydroxylation is 1.